The van der Waals surface area contributed by atoms with Crippen molar-refractivity contribution in [2.75, 3.05) is 19.5 Å². The van der Waals surface area contributed by atoms with Crippen LogP contribution in [0.2, 0.25) is 0 Å². The molecule has 6 nitrogen and oxygen atoms in total. The van der Waals surface area contributed by atoms with Gasteiger partial charge in [-0.2, -0.15) is 0 Å². The Morgan fingerprint density at radius 3 is 2.25 bits per heavy atom. The molecule has 0 aliphatic heterocycles. The molecule has 0 fully saturated rings. The van der Waals surface area contributed by atoms with E-state index in [2.05, 4.69) is 9.97 Å². The zero-order valence-electron chi connectivity index (χ0n) is 15.7. The highest BCUT2D eigenvalue weighted by molar-refractivity contribution is 6.00. The molecular weight excluding hydrogens is 352 g/mol. The van der Waals surface area contributed by atoms with E-state index in [1.165, 1.54) is 6.33 Å². The number of hydrogen-bond donors (Lipinski definition) is 1. The van der Waals surface area contributed by atoms with Crippen LogP contribution >= 0.6 is 0 Å². The summed E-state index contributed by atoms with van der Waals surface area (Å²) in [7, 11) is 1.65. The summed E-state index contributed by atoms with van der Waals surface area (Å²) in [6.07, 6.45) is 1.43. The van der Waals surface area contributed by atoms with Crippen LogP contribution in [0.25, 0.3) is 33.4 Å². The van der Waals surface area contributed by atoms with E-state index in [-0.39, 0.29) is 0 Å². The van der Waals surface area contributed by atoms with E-state index in [1.807, 2.05) is 61.5 Å². The van der Waals surface area contributed by atoms with Crippen molar-refractivity contribution in [3.05, 3.63) is 60.9 Å². The van der Waals surface area contributed by atoms with E-state index in [0.29, 0.717) is 18.1 Å². The lowest BCUT2D eigenvalue weighted by Gasteiger charge is -2.12. The highest BCUT2D eigenvalue weighted by Crippen LogP contribution is 2.34. The summed E-state index contributed by atoms with van der Waals surface area (Å²) >= 11 is 0. The fourth-order valence-corrected chi connectivity index (χ4v) is 3.12. The van der Waals surface area contributed by atoms with Gasteiger partial charge in [0.1, 0.15) is 23.6 Å². The smallest absolute Gasteiger partial charge is 0.165 e. The van der Waals surface area contributed by atoms with Crippen LogP contribution in [0.5, 0.6) is 11.5 Å². The van der Waals surface area contributed by atoms with Crippen LogP contribution in [0.3, 0.4) is 0 Å². The molecule has 0 aliphatic rings. The van der Waals surface area contributed by atoms with Gasteiger partial charge in [0.05, 0.1) is 24.8 Å². The third-order valence-electron chi connectivity index (χ3n) is 4.50. The summed E-state index contributed by atoms with van der Waals surface area (Å²) in [6, 6.07) is 17.7. The van der Waals surface area contributed by atoms with Gasteiger partial charge in [0.2, 0.25) is 0 Å². The van der Waals surface area contributed by atoms with Crippen LogP contribution in [0.1, 0.15) is 6.92 Å². The molecule has 2 aromatic heterocycles. The topological polar surface area (TPSA) is 83.2 Å². The summed E-state index contributed by atoms with van der Waals surface area (Å²) in [5, 5.41) is 0.740. The van der Waals surface area contributed by atoms with Crippen molar-refractivity contribution in [2.24, 2.45) is 0 Å². The first-order valence-corrected chi connectivity index (χ1v) is 8.98. The van der Waals surface area contributed by atoms with Gasteiger partial charge in [-0.25, -0.2) is 15.0 Å². The molecule has 2 aromatic carbocycles. The molecule has 0 amide bonds. The summed E-state index contributed by atoms with van der Waals surface area (Å²) in [6.45, 7) is 2.59. The van der Waals surface area contributed by atoms with Crippen molar-refractivity contribution in [1.82, 2.24) is 15.0 Å². The van der Waals surface area contributed by atoms with Gasteiger partial charge < -0.3 is 15.2 Å². The lowest BCUT2D eigenvalue weighted by atomic mass is 9.99. The van der Waals surface area contributed by atoms with Crippen LogP contribution in [-0.4, -0.2) is 28.7 Å². The Balaban J connectivity index is 1.89. The van der Waals surface area contributed by atoms with Crippen molar-refractivity contribution >= 4 is 16.9 Å². The van der Waals surface area contributed by atoms with Crippen molar-refractivity contribution in [3.8, 4) is 33.9 Å². The second-order valence-corrected chi connectivity index (χ2v) is 6.20. The zero-order chi connectivity index (χ0) is 19.5. The van der Waals surface area contributed by atoms with E-state index in [1.54, 1.807) is 7.11 Å². The van der Waals surface area contributed by atoms with Gasteiger partial charge in [-0.15, -0.1) is 0 Å². The number of anilines is 1. The van der Waals surface area contributed by atoms with E-state index in [0.717, 1.165) is 39.3 Å². The zero-order valence-corrected chi connectivity index (χ0v) is 15.7. The number of nitrogen functional groups attached to an aromatic ring is 1. The van der Waals surface area contributed by atoms with E-state index in [4.69, 9.17) is 20.2 Å². The lowest BCUT2D eigenvalue weighted by Crippen LogP contribution is -1.99. The summed E-state index contributed by atoms with van der Waals surface area (Å²) < 4.78 is 10.8. The fraction of sp³-hybridized carbons (Fsp3) is 0.136. The Morgan fingerprint density at radius 1 is 0.893 bits per heavy atom. The van der Waals surface area contributed by atoms with Crippen molar-refractivity contribution in [3.63, 3.8) is 0 Å². The number of fused-ring (bicyclic) bond motifs is 1. The molecule has 0 atom stereocenters. The summed E-state index contributed by atoms with van der Waals surface area (Å²) in [5.74, 6) is 2.02. The van der Waals surface area contributed by atoms with Crippen LogP contribution in [-0.2, 0) is 0 Å². The van der Waals surface area contributed by atoms with Gasteiger partial charge in [-0.3, -0.25) is 0 Å². The first kappa shape index (κ1) is 17.7. The minimum Gasteiger partial charge on any atom is -0.497 e. The van der Waals surface area contributed by atoms with E-state index in [9.17, 15) is 0 Å². The molecule has 0 aliphatic carbocycles. The molecule has 4 rings (SSSR count). The third-order valence-corrected chi connectivity index (χ3v) is 4.50. The minimum atomic E-state index is 0.405. The Labute approximate surface area is 163 Å². The maximum absolute atomic E-state index is 6.17. The Bertz CT molecular complexity index is 1110. The van der Waals surface area contributed by atoms with Gasteiger partial charge in [0.15, 0.2) is 5.65 Å². The number of nitrogens with zero attached hydrogens (tertiary/aromatic N) is 3. The fourth-order valence-electron chi connectivity index (χ4n) is 3.12. The van der Waals surface area contributed by atoms with Gasteiger partial charge in [0, 0.05) is 5.56 Å². The molecule has 140 valence electrons. The molecule has 0 saturated carbocycles. The van der Waals surface area contributed by atoms with Crippen molar-refractivity contribution < 1.29 is 9.47 Å². The Hall–Kier alpha value is -3.67. The minimum absolute atomic E-state index is 0.405. The van der Waals surface area contributed by atoms with Crippen molar-refractivity contribution in [2.45, 2.75) is 6.92 Å². The predicted molar refractivity (Wildman–Crippen MR) is 110 cm³/mol. The van der Waals surface area contributed by atoms with E-state index >= 15 is 0 Å². The normalized spacial score (nSPS) is 10.8. The number of hydrogen-bond acceptors (Lipinski definition) is 6. The van der Waals surface area contributed by atoms with Gasteiger partial charge >= 0.3 is 0 Å². The molecule has 2 heterocycles. The highest BCUT2D eigenvalue weighted by atomic mass is 16.5. The maximum Gasteiger partial charge on any atom is 0.165 e. The molecule has 0 spiro atoms. The predicted octanol–water partition coefficient (Wildman–Crippen LogP) is 4.35. The second-order valence-electron chi connectivity index (χ2n) is 6.20. The molecule has 6 heteroatoms. The average molecular weight is 372 g/mol. The Morgan fingerprint density at radius 2 is 1.57 bits per heavy atom. The number of methoxy groups -OCH3 is 1. The largest absolute Gasteiger partial charge is 0.497 e. The number of pyridine rings is 1. The highest BCUT2D eigenvalue weighted by Gasteiger charge is 2.14. The molecular formula is C22H20N4O2. The number of rotatable bonds is 5. The summed E-state index contributed by atoms with van der Waals surface area (Å²) in [4.78, 5) is 13.2. The lowest BCUT2D eigenvalue weighted by molar-refractivity contribution is 0.340. The van der Waals surface area contributed by atoms with Gasteiger partial charge in [0.25, 0.3) is 0 Å². The Kier molecular flexibility index (Phi) is 4.76. The maximum atomic E-state index is 6.17. The van der Waals surface area contributed by atoms with Crippen LogP contribution in [0.4, 0.5) is 5.82 Å². The second kappa shape index (κ2) is 7.52. The van der Waals surface area contributed by atoms with Crippen LogP contribution in [0.15, 0.2) is 60.9 Å². The monoisotopic (exact) mass is 372 g/mol. The molecule has 0 unspecified atom stereocenters. The third kappa shape index (κ3) is 3.32. The van der Waals surface area contributed by atoms with Gasteiger partial charge in [-0.1, -0.05) is 12.1 Å². The number of aromatic nitrogens is 3. The van der Waals surface area contributed by atoms with Crippen LogP contribution in [0, 0.1) is 0 Å². The molecule has 0 bridgehead atoms. The first-order valence-electron chi connectivity index (χ1n) is 8.98. The van der Waals surface area contributed by atoms with Crippen molar-refractivity contribution in [1.29, 1.82) is 0 Å². The number of ether oxygens (including phenoxy) is 2. The van der Waals surface area contributed by atoms with Crippen LogP contribution < -0.4 is 15.2 Å². The number of benzene rings is 2. The molecule has 4 aromatic rings. The molecule has 0 radical (unpaired) electrons. The quantitative estimate of drug-likeness (QED) is 0.561. The van der Waals surface area contributed by atoms with E-state index < -0.39 is 0 Å². The first-order chi connectivity index (χ1) is 13.7. The summed E-state index contributed by atoms with van der Waals surface area (Å²) in [5.41, 5.74) is 10.4. The number of nitrogens with two attached hydrogens (primary N) is 1. The standard InChI is InChI=1S/C22H20N4O2/c1-3-28-17-10-4-14(5-11-17)18-12-19(15-6-8-16(27-2)9-7-15)26-22-20(18)21(23)24-13-25-22/h4-13H,3H2,1-2H3,(H2,23,24,25,26). The average Bonchev–Trinajstić information content (AvgIpc) is 2.74. The molecule has 28 heavy (non-hydrogen) atoms. The molecule has 2 N–H and O–H groups in total. The SMILES string of the molecule is CCOc1ccc(-c2cc(-c3ccc(OC)cc3)nc3ncnc(N)c23)cc1. The van der Waals surface area contributed by atoms with Gasteiger partial charge in [-0.05, 0) is 60.5 Å². The molecule has 0 saturated heterocycles.